The fraction of sp³-hybridized carbons (Fsp3) is 0.310. The van der Waals surface area contributed by atoms with Gasteiger partial charge in [0, 0.05) is 25.3 Å². The fourth-order valence-corrected chi connectivity index (χ4v) is 4.57. The number of ether oxygens (including phenoxy) is 2. The molecule has 1 unspecified atom stereocenters. The fourth-order valence-electron chi connectivity index (χ4n) is 4.57. The molecule has 1 fully saturated rings. The molecule has 3 amide bonds. The van der Waals surface area contributed by atoms with Crippen molar-refractivity contribution in [3.8, 4) is 11.5 Å². The Hall–Kier alpha value is -4.00. The number of methoxy groups -OCH3 is 2. The highest BCUT2D eigenvalue weighted by atomic mass is 16.5. The van der Waals surface area contributed by atoms with Crippen LogP contribution in [0.5, 0.6) is 11.5 Å². The summed E-state index contributed by atoms with van der Waals surface area (Å²) in [7, 11) is 3.22. The Morgan fingerprint density at radius 3 is 2.39 bits per heavy atom. The predicted octanol–water partition coefficient (Wildman–Crippen LogP) is 5.67. The zero-order valence-electron chi connectivity index (χ0n) is 21.1. The smallest absolute Gasteiger partial charge is 0.324 e. The van der Waals surface area contributed by atoms with E-state index in [1.807, 2.05) is 78.6 Å². The Balaban J connectivity index is 1.53. The number of nitrogens with one attached hydrogen (secondary N) is 1. The van der Waals surface area contributed by atoms with Crippen molar-refractivity contribution in [2.24, 2.45) is 0 Å². The van der Waals surface area contributed by atoms with Crippen LogP contribution in [0, 0.1) is 0 Å². The Morgan fingerprint density at radius 2 is 1.72 bits per heavy atom. The lowest BCUT2D eigenvalue weighted by Crippen LogP contribution is -2.49. The number of rotatable bonds is 9. The van der Waals surface area contributed by atoms with Crippen molar-refractivity contribution in [3.05, 3.63) is 83.9 Å². The molecular formula is C29H33N3O4. The lowest BCUT2D eigenvalue weighted by Gasteiger charge is -2.36. The summed E-state index contributed by atoms with van der Waals surface area (Å²) >= 11 is 0. The Bertz CT molecular complexity index is 1180. The van der Waals surface area contributed by atoms with Crippen molar-refractivity contribution in [1.29, 1.82) is 0 Å². The van der Waals surface area contributed by atoms with Crippen LogP contribution in [0.1, 0.15) is 36.8 Å². The number of carbonyl (C=O) groups excluding carboxylic acids is 2. The number of amides is 3. The molecule has 1 atom stereocenters. The molecule has 0 spiro atoms. The molecule has 4 rings (SSSR count). The molecule has 1 aliphatic heterocycles. The van der Waals surface area contributed by atoms with E-state index >= 15 is 0 Å². The van der Waals surface area contributed by atoms with Gasteiger partial charge >= 0.3 is 6.03 Å². The molecule has 3 aromatic carbocycles. The van der Waals surface area contributed by atoms with Gasteiger partial charge in [-0.2, -0.15) is 0 Å². The number of benzene rings is 3. The van der Waals surface area contributed by atoms with Crippen LogP contribution in [0.15, 0.2) is 72.8 Å². The minimum absolute atomic E-state index is 0.0779. The molecule has 0 radical (unpaired) electrons. The molecule has 1 aliphatic rings. The molecule has 0 aromatic heterocycles. The summed E-state index contributed by atoms with van der Waals surface area (Å²) in [6.07, 6.45) is 1.51. The second-order valence-corrected chi connectivity index (χ2v) is 8.80. The Labute approximate surface area is 212 Å². The van der Waals surface area contributed by atoms with Crippen LogP contribution in [0.4, 0.5) is 16.2 Å². The SMILES string of the molecule is CCC(C(=O)Nc1ccc(OC)c(N2CCCN(Cc3ccc(OC)cc3)C2=O)c1)c1ccccc1. The first-order valence-corrected chi connectivity index (χ1v) is 12.3. The summed E-state index contributed by atoms with van der Waals surface area (Å²) < 4.78 is 10.8. The Kier molecular flexibility index (Phi) is 8.10. The highest BCUT2D eigenvalue weighted by Gasteiger charge is 2.29. The van der Waals surface area contributed by atoms with E-state index in [9.17, 15) is 9.59 Å². The van der Waals surface area contributed by atoms with Gasteiger partial charge in [0.05, 0.1) is 25.8 Å². The number of carbonyl (C=O) groups is 2. The first kappa shape index (κ1) is 25.1. The van der Waals surface area contributed by atoms with Crippen LogP contribution in [-0.4, -0.2) is 44.1 Å². The zero-order chi connectivity index (χ0) is 25.5. The lowest BCUT2D eigenvalue weighted by molar-refractivity contribution is -0.117. The molecule has 188 valence electrons. The van der Waals surface area contributed by atoms with E-state index < -0.39 is 0 Å². The van der Waals surface area contributed by atoms with Gasteiger partial charge in [0.25, 0.3) is 0 Å². The van der Waals surface area contributed by atoms with E-state index in [4.69, 9.17) is 9.47 Å². The van der Waals surface area contributed by atoms with Gasteiger partial charge in [-0.05, 0) is 54.3 Å². The van der Waals surface area contributed by atoms with Gasteiger partial charge in [-0.25, -0.2) is 4.79 Å². The number of urea groups is 1. The van der Waals surface area contributed by atoms with Crippen LogP contribution in [-0.2, 0) is 11.3 Å². The minimum Gasteiger partial charge on any atom is -0.497 e. The largest absolute Gasteiger partial charge is 0.497 e. The molecule has 7 heteroatoms. The van der Waals surface area contributed by atoms with Crippen LogP contribution in [0.25, 0.3) is 0 Å². The summed E-state index contributed by atoms with van der Waals surface area (Å²) in [6, 6.07) is 22.8. The van der Waals surface area contributed by atoms with Crippen molar-refractivity contribution in [3.63, 3.8) is 0 Å². The van der Waals surface area contributed by atoms with Gasteiger partial charge < -0.3 is 19.7 Å². The second kappa shape index (κ2) is 11.6. The predicted molar refractivity (Wildman–Crippen MR) is 142 cm³/mol. The quantitative estimate of drug-likeness (QED) is 0.422. The summed E-state index contributed by atoms with van der Waals surface area (Å²) in [6.45, 7) is 3.76. The summed E-state index contributed by atoms with van der Waals surface area (Å²) in [4.78, 5) is 30.2. The molecule has 0 saturated carbocycles. The lowest BCUT2D eigenvalue weighted by atomic mass is 9.95. The molecule has 36 heavy (non-hydrogen) atoms. The number of nitrogens with zero attached hydrogens (tertiary/aromatic N) is 2. The maximum atomic E-state index is 13.5. The average Bonchev–Trinajstić information content (AvgIpc) is 2.91. The number of anilines is 2. The summed E-state index contributed by atoms with van der Waals surface area (Å²) in [5.74, 6) is 1.04. The van der Waals surface area contributed by atoms with Gasteiger partial charge in [-0.1, -0.05) is 49.4 Å². The van der Waals surface area contributed by atoms with Gasteiger partial charge in [0.2, 0.25) is 5.91 Å². The third-order valence-corrected chi connectivity index (χ3v) is 6.51. The van der Waals surface area contributed by atoms with E-state index in [-0.39, 0.29) is 17.9 Å². The van der Waals surface area contributed by atoms with Crippen molar-refractivity contribution in [2.45, 2.75) is 32.2 Å². The van der Waals surface area contributed by atoms with Crippen molar-refractivity contribution >= 4 is 23.3 Å². The second-order valence-electron chi connectivity index (χ2n) is 8.80. The molecule has 7 nitrogen and oxygen atoms in total. The molecular weight excluding hydrogens is 454 g/mol. The van der Waals surface area contributed by atoms with Crippen LogP contribution < -0.4 is 19.7 Å². The minimum atomic E-state index is -0.256. The van der Waals surface area contributed by atoms with Crippen LogP contribution in [0.3, 0.4) is 0 Å². The standard InChI is InChI=1S/C29H33N3O4/c1-4-25(22-9-6-5-7-10-22)28(33)30-23-13-16-27(36-3)26(19-23)32-18-8-17-31(29(32)34)20-21-11-14-24(35-2)15-12-21/h5-7,9-16,19,25H,4,8,17-18,20H2,1-3H3,(H,30,33). The summed E-state index contributed by atoms with van der Waals surface area (Å²) in [5, 5.41) is 3.04. The summed E-state index contributed by atoms with van der Waals surface area (Å²) in [5.41, 5.74) is 3.29. The third-order valence-electron chi connectivity index (χ3n) is 6.51. The number of hydrogen-bond donors (Lipinski definition) is 1. The van der Waals surface area contributed by atoms with Crippen molar-refractivity contribution in [2.75, 3.05) is 37.5 Å². The maximum absolute atomic E-state index is 13.5. The van der Waals surface area contributed by atoms with Gasteiger partial charge in [-0.3, -0.25) is 9.69 Å². The van der Waals surface area contributed by atoms with Crippen molar-refractivity contribution in [1.82, 2.24) is 4.90 Å². The first-order chi connectivity index (χ1) is 17.5. The number of hydrogen-bond acceptors (Lipinski definition) is 4. The van der Waals surface area contributed by atoms with Gasteiger partial charge in [0.1, 0.15) is 11.5 Å². The van der Waals surface area contributed by atoms with Crippen molar-refractivity contribution < 1.29 is 19.1 Å². The van der Waals surface area contributed by atoms with Gasteiger partial charge in [0.15, 0.2) is 0 Å². The normalized spacial score (nSPS) is 14.4. The maximum Gasteiger partial charge on any atom is 0.324 e. The molecule has 1 saturated heterocycles. The third kappa shape index (κ3) is 5.62. The van der Waals surface area contributed by atoms with Crippen LogP contribution >= 0.6 is 0 Å². The van der Waals surface area contributed by atoms with Crippen LogP contribution in [0.2, 0.25) is 0 Å². The Morgan fingerprint density at radius 1 is 0.972 bits per heavy atom. The van der Waals surface area contributed by atoms with E-state index in [0.29, 0.717) is 43.2 Å². The molecule has 1 N–H and O–H groups in total. The monoisotopic (exact) mass is 487 g/mol. The molecule has 0 bridgehead atoms. The highest BCUT2D eigenvalue weighted by Crippen LogP contribution is 2.34. The van der Waals surface area contributed by atoms with E-state index in [1.54, 1.807) is 25.2 Å². The topological polar surface area (TPSA) is 71.1 Å². The van der Waals surface area contributed by atoms with E-state index in [2.05, 4.69) is 5.32 Å². The highest BCUT2D eigenvalue weighted by molar-refractivity contribution is 5.98. The molecule has 3 aromatic rings. The zero-order valence-corrected chi connectivity index (χ0v) is 21.1. The first-order valence-electron chi connectivity index (χ1n) is 12.3. The van der Waals surface area contributed by atoms with E-state index in [0.717, 1.165) is 23.3 Å². The van der Waals surface area contributed by atoms with E-state index in [1.165, 1.54) is 0 Å². The average molecular weight is 488 g/mol. The molecule has 1 heterocycles. The molecule has 0 aliphatic carbocycles. The van der Waals surface area contributed by atoms with Gasteiger partial charge in [-0.15, -0.1) is 0 Å².